The SMILES string of the molecule is CCCN(CCC)c1cnc(C(=O)Nc2ccccc2Br)cn1. The lowest BCUT2D eigenvalue weighted by atomic mass is 10.3. The van der Waals surface area contributed by atoms with E-state index in [0.29, 0.717) is 11.4 Å². The Hall–Kier alpha value is -1.95. The average Bonchev–Trinajstić information content (AvgIpc) is 2.57. The topological polar surface area (TPSA) is 58.1 Å². The van der Waals surface area contributed by atoms with Gasteiger partial charge in [-0.2, -0.15) is 0 Å². The van der Waals surface area contributed by atoms with Crippen molar-refractivity contribution in [2.45, 2.75) is 26.7 Å². The molecule has 5 nitrogen and oxygen atoms in total. The number of anilines is 2. The molecule has 6 heteroatoms. The van der Waals surface area contributed by atoms with Crippen LogP contribution in [0.1, 0.15) is 37.2 Å². The number of para-hydroxylation sites is 1. The molecule has 0 aliphatic rings. The van der Waals surface area contributed by atoms with Crippen molar-refractivity contribution in [3.05, 3.63) is 46.8 Å². The van der Waals surface area contributed by atoms with Crippen molar-refractivity contribution in [2.24, 2.45) is 0 Å². The summed E-state index contributed by atoms with van der Waals surface area (Å²) >= 11 is 3.41. The monoisotopic (exact) mass is 376 g/mol. The first-order valence-electron chi connectivity index (χ1n) is 7.78. The number of carbonyl (C=O) groups is 1. The van der Waals surface area contributed by atoms with Gasteiger partial charge in [0.05, 0.1) is 18.1 Å². The maximum absolute atomic E-state index is 12.3. The van der Waals surface area contributed by atoms with Crippen molar-refractivity contribution in [2.75, 3.05) is 23.3 Å². The first-order chi connectivity index (χ1) is 11.2. The third-order valence-electron chi connectivity index (χ3n) is 3.30. The van der Waals surface area contributed by atoms with Crippen LogP contribution in [0.25, 0.3) is 0 Å². The Morgan fingerprint density at radius 2 is 1.83 bits per heavy atom. The predicted octanol–water partition coefficient (Wildman–Crippen LogP) is 4.12. The van der Waals surface area contributed by atoms with Crippen molar-refractivity contribution in [3.8, 4) is 0 Å². The van der Waals surface area contributed by atoms with Gasteiger partial charge in [-0.3, -0.25) is 4.79 Å². The zero-order valence-corrected chi connectivity index (χ0v) is 15.0. The van der Waals surface area contributed by atoms with E-state index in [1.54, 1.807) is 6.20 Å². The Morgan fingerprint density at radius 3 is 2.39 bits per heavy atom. The Kier molecular flexibility index (Phi) is 6.52. The Bertz CT molecular complexity index is 639. The van der Waals surface area contributed by atoms with Crippen LogP contribution in [-0.4, -0.2) is 29.0 Å². The van der Waals surface area contributed by atoms with Crippen LogP contribution in [0.4, 0.5) is 11.5 Å². The van der Waals surface area contributed by atoms with E-state index in [-0.39, 0.29) is 5.91 Å². The number of amides is 1. The lowest BCUT2D eigenvalue weighted by molar-refractivity contribution is 0.102. The molecule has 0 saturated carbocycles. The minimum atomic E-state index is -0.270. The number of hydrogen-bond donors (Lipinski definition) is 1. The van der Waals surface area contributed by atoms with Crippen LogP contribution >= 0.6 is 15.9 Å². The van der Waals surface area contributed by atoms with E-state index >= 15 is 0 Å². The second kappa shape index (κ2) is 8.62. The molecule has 1 amide bonds. The van der Waals surface area contributed by atoms with Crippen molar-refractivity contribution >= 4 is 33.3 Å². The van der Waals surface area contributed by atoms with Gasteiger partial charge in [0.25, 0.3) is 5.91 Å². The molecule has 1 aromatic carbocycles. The van der Waals surface area contributed by atoms with Gasteiger partial charge in [0.2, 0.25) is 0 Å². The molecule has 0 atom stereocenters. The number of nitrogens with one attached hydrogen (secondary N) is 1. The van der Waals surface area contributed by atoms with E-state index in [1.165, 1.54) is 6.20 Å². The highest BCUT2D eigenvalue weighted by Crippen LogP contribution is 2.21. The number of nitrogens with zero attached hydrogens (tertiary/aromatic N) is 3. The lowest BCUT2D eigenvalue weighted by Gasteiger charge is -2.22. The molecule has 1 heterocycles. The largest absolute Gasteiger partial charge is 0.355 e. The molecule has 2 rings (SSSR count). The summed E-state index contributed by atoms with van der Waals surface area (Å²) in [5.74, 6) is 0.541. The van der Waals surface area contributed by atoms with E-state index in [1.807, 2.05) is 24.3 Å². The molecule has 0 aliphatic heterocycles. The van der Waals surface area contributed by atoms with Crippen LogP contribution in [0, 0.1) is 0 Å². The van der Waals surface area contributed by atoms with Gasteiger partial charge in [0.15, 0.2) is 0 Å². The second-order valence-corrected chi connectivity index (χ2v) is 6.04. The molecule has 2 aromatic rings. The van der Waals surface area contributed by atoms with Gasteiger partial charge < -0.3 is 10.2 Å². The van der Waals surface area contributed by atoms with Crippen molar-refractivity contribution in [3.63, 3.8) is 0 Å². The third-order valence-corrected chi connectivity index (χ3v) is 4.00. The van der Waals surface area contributed by atoms with Gasteiger partial charge in [-0.25, -0.2) is 9.97 Å². The van der Waals surface area contributed by atoms with Gasteiger partial charge >= 0.3 is 0 Å². The molecule has 0 unspecified atom stereocenters. The fourth-order valence-electron chi connectivity index (χ4n) is 2.23. The lowest BCUT2D eigenvalue weighted by Crippen LogP contribution is -2.26. The van der Waals surface area contributed by atoms with Gasteiger partial charge in [-0.05, 0) is 40.9 Å². The number of aromatic nitrogens is 2. The highest BCUT2D eigenvalue weighted by molar-refractivity contribution is 9.10. The summed E-state index contributed by atoms with van der Waals surface area (Å²) in [4.78, 5) is 23.1. The minimum absolute atomic E-state index is 0.270. The van der Waals surface area contributed by atoms with E-state index in [2.05, 4.69) is 50.0 Å². The molecule has 0 fully saturated rings. The number of benzene rings is 1. The molecule has 0 radical (unpaired) electrons. The Labute approximate surface area is 145 Å². The summed E-state index contributed by atoms with van der Waals surface area (Å²) < 4.78 is 0.829. The van der Waals surface area contributed by atoms with E-state index < -0.39 is 0 Å². The fourth-order valence-corrected chi connectivity index (χ4v) is 2.62. The number of rotatable bonds is 7. The first kappa shape index (κ1) is 17.4. The minimum Gasteiger partial charge on any atom is -0.355 e. The van der Waals surface area contributed by atoms with Crippen LogP contribution in [0.15, 0.2) is 41.1 Å². The van der Waals surface area contributed by atoms with Gasteiger partial charge in [0.1, 0.15) is 11.5 Å². The van der Waals surface area contributed by atoms with Crippen LogP contribution in [0.5, 0.6) is 0 Å². The molecule has 1 N–H and O–H groups in total. The zero-order valence-electron chi connectivity index (χ0n) is 13.4. The molecular weight excluding hydrogens is 356 g/mol. The summed E-state index contributed by atoms with van der Waals surface area (Å²) in [7, 11) is 0. The Balaban J connectivity index is 2.09. The van der Waals surface area contributed by atoms with E-state index in [9.17, 15) is 4.79 Å². The van der Waals surface area contributed by atoms with Gasteiger partial charge in [-0.1, -0.05) is 26.0 Å². The van der Waals surface area contributed by atoms with Crippen LogP contribution in [-0.2, 0) is 0 Å². The Morgan fingerprint density at radius 1 is 1.13 bits per heavy atom. The average molecular weight is 377 g/mol. The normalized spacial score (nSPS) is 10.4. The smallest absolute Gasteiger partial charge is 0.275 e. The van der Waals surface area contributed by atoms with Crippen molar-refractivity contribution in [1.82, 2.24) is 9.97 Å². The van der Waals surface area contributed by atoms with Crippen molar-refractivity contribution in [1.29, 1.82) is 0 Å². The van der Waals surface area contributed by atoms with Gasteiger partial charge in [-0.15, -0.1) is 0 Å². The predicted molar refractivity (Wildman–Crippen MR) is 96.9 cm³/mol. The molecule has 0 bridgehead atoms. The molecular formula is C17H21BrN4O. The first-order valence-corrected chi connectivity index (χ1v) is 8.57. The highest BCUT2D eigenvalue weighted by Gasteiger charge is 2.12. The quantitative estimate of drug-likeness (QED) is 0.789. The van der Waals surface area contributed by atoms with E-state index in [0.717, 1.165) is 36.2 Å². The molecule has 1 aromatic heterocycles. The number of hydrogen-bond acceptors (Lipinski definition) is 4. The second-order valence-electron chi connectivity index (χ2n) is 5.18. The number of halogens is 1. The van der Waals surface area contributed by atoms with E-state index in [4.69, 9.17) is 0 Å². The van der Waals surface area contributed by atoms with Crippen LogP contribution in [0.3, 0.4) is 0 Å². The van der Waals surface area contributed by atoms with Crippen molar-refractivity contribution < 1.29 is 4.79 Å². The maximum Gasteiger partial charge on any atom is 0.275 e. The zero-order chi connectivity index (χ0) is 16.7. The molecule has 23 heavy (non-hydrogen) atoms. The fraction of sp³-hybridized carbons (Fsp3) is 0.353. The molecule has 122 valence electrons. The summed E-state index contributed by atoms with van der Waals surface area (Å²) in [5.41, 5.74) is 1.01. The van der Waals surface area contributed by atoms with Crippen LogP contribution in [0.2, 0.25) is 0 Å². The summed E-state index contributed by atoms with van der Waals surface area (Å²) in [6.07, 6.45) is 5.29. The number of carbonyl (C=O) groups excluding carboxylic acids is 1. The standard InChI is InChI=1S/C17H21BrN4O/c1-3-9-22(10-4-2)16-12-19-15(11-20-16)17(23)21-14-8-6-5-7-13(14)18/h5-8,11-12H,3-4,9-10H2,1-2H3,(H,21,23). The molecule has 0 aliphatic carbocycles. The molecule has 0 saturated heterocycles. The molecule has 0 spiro atoms. The highest BCUT2D eigenvalue weighted by atomic mass is 79.9. The van der Waals surface area contributed by atoms with Gasteiger partial charge in [0, 0.05) is 17.6 Å². The summed E-state index contributed by atoms with van der Waals surface area (Å²) in [6, 6.07) is 7.46. The summed E-state index contributed by atoms with van der Waals surface area (Å²) in [6.45, 7) is 6.14. The summed E-state index contributed by atoms with van der Waals surface area (Å²) in [5, 5.41) is 2.82. The third kappa shape index (κ3) is 4.76. The van der Waals surface area contributed by atoms with Crippen LogP contribution < -0.4 is 10.2 Å². The maximum atomic E-state index is 12.3.